The number of amides is 2. The predicted molar refractivity (Wildman–Crippen MR) is 90.2 cm³/mol. The van der Waals surface area contributed by atoms with E-state index < -0.39 is 0 Å². The summed E-state index contributed by atoms with van der Waals surface area (Å²) in [7, 11) is 1.75. The number of para-hydroxylation sites is 2. The van der Waals surface area contributed by atoms with E-state index >= 15 is 0 Å². The number of hydrogen-bond acceptors (Lipinski definition) is 4. The number of rotatable bonds is 4. The van der Waals surface area contributed by atoms with Crippen molar-refractivity contribution in [1.82, 2.24) is 15.2 Å². The molecule has 2 heterocycles. The van der Waals surface area contributed by atoms with E-state index in [1.54, 1.807) is 24.3 Å². The molecule has 0 fully saturated rings. The van der Waals surface area contributed by atoms with Crippen molar-refractivity contribution in [2.75, 3.05) is 20.2 Å². The van der Waals surface area contributed by atoms with Gasteiger partial charge in [0.05, 0.1) is 12.6 Å². The Morgan fingerprint density at radius 2 is 2.12 bits per heavy atom. The topological polar surface area (TPSA) is 63.7 Å². The number of carbonyl (C=O) groups is 1. The van der Waals surface area contributed by atoms with Crippen LogP contribution in [0.15, 0.2) is 48.8 Å². The van der Waals surface area contributed by atoms with Gasteiger partial charge < -0.3 is 19.7 Å². The van der Waals surface area contributed by atoms with Crippen LogP contribution < -0.4 is 14.8 Å². The van der Waals surface area contributed by atoms with Crippen molar-refractivity contribution in [1.29, 1.82) is 0 Å². The minimum Gasteiger partial charge on any atom is -0.486 e. The number of likely N-dealkylation sites (N-methyl/N-ethyl adjacent to an activating group) is 1. The Hall–Kier alpha value is -2.76. The van der Waals surface area contributed by atoms with E-state index in [0.29, 0.717) is 18.9 Å². The van der Waals surface area contributed by atoms with Gasteiger partial charge in [0.2, 0.25) is 0 Å². The molecule has 0 saturated heterocycles. The third-order valence-corrected chi connectivity index (χ3v) is 3.92. The van der Waals surface area contributed by atoms with Crippen LogP contribution in [0.5, 0.6) is 11.5 Å². The van der Waals surface area contributed by atoms with Crippen molar-refractivity contribution in [3.63, 3.8) is 0 Å². The zero-order valence-electron chi connectivity index (χ0n) is 13.8. The summed E-state index contributed by atoms with van der Waals surface area (Å²) < 4.78 is 11.6. The minimum absolute atomic E-state index is 0.113. The predicted octanol–water partition coefficient (Wildman–Crippen LogP) is 2.62. The van der Waals surface area contributed by atoms with E-state index in [9.17, 15) is 4.79 Å². The lowest BCUT2D eigenvalue weighted by atomic mass is 10.1. The van der Waals surface area contributed by atoms with Crippen LogP contribution >= 0.6 is 0 Å². The van der Waals surface area contributed by atoms with E-state index in [0.717, 1.165) is 11.3 Å². The molecule has 0 spiro atoms. The molecule has 2 aromatic rings. The van der Waals surface area contributed by atoms with E-state index in [4.69, 9.17) is 9.47 Å². The Morgan fingerprint density at radius 3 is 2.88 bits per heavy atom. The number of hydrogen-bond donors (Lipinski definition) is 1. The van der Waals surface area contributed by atoms with Crippen LogP contribution in [-0.4, -0.2) is 42.2 Å². The normalized spacial score (nSPS) is 17.0. The first kappa shape index (κ1) is 16.1. The van der Waals surface area contributed by atoms with Crippen LogP contribution in [-0.2, 0) is 0 Å². The van der Waals surface area contributed by atoms with Crippen molar-refractivity contribution < 1.29 is 14.3 Å². The van der Waals surface area contributed by atoms with Gasteiger partial charge in [0.1, 0.15) is 6.61 Å². The van der Waals surface area contributed by atoms with Gasteiger partial charge in [-0.05, 0) is 30.7 Å². The number of pyridine rings is 1. The van der Waals surface area contributed by atoms with Gasteiger partial charge in [-0.25, -0.2) is 4.79 Å². The average Bonchev–Trinajstić information content (AvgIpc) is 2.62. The quantitative estimate of drug-likeness (QED) is 0.937. The van der Waals surface area contributed by atoms with Gasteiger partial charge in [0.15, 0.2) is 17.6 Å². The lowest BCUT2D eigenvalue weighted by molar-refractivity contribution is 0.0713. The van der Waals surface area contributed by atoms with Crippen LogP contribution in [0.2, 0.25) is 0 Å². The number of nitrogens with one attached hydrogen (secondary N) is 1. The molecule has 0 bridgehead atoms. The molecule has 0 saturated carbocycles. The molecule has 1 aromatic carbocycles. The Kier molecular flexibility index (Phi) is 4.84. The summed E-state index contributed by atoms with van der Waals surface area (Å²) in [6.07, 6.45) is 3.27. The Morgan fingerprint density at radius 1 is 1.33 bits per heavy atom. The van der Waals surface area contributed by atoms with E-state index in [-0.39, 0.29) is 18.2 Å². The largest absolute Gasteiger partial charge is 0.486 e. The first-order valence-electron chi connectivity index (χ1n) is 7.93. The van der Waals surface area contributed by atoms with Crippen LogP contribution in [0.25, 0.3) is 0 Å². The first-order valence-corrected chi connectivity index (χ1v) is 7.93. The summed E-state index contributed by atoms with van der Waals surface area (Å²) in [6, 6.07) is 11.1. The molecular formula is C18H21N3O3. The molecule has 1 aliphatic heterocycles. The number of aromatic nitrogens is 1. The van der Waals surface area contributed by atoms with Crippen LogP contribution in [0.3, 0.4) is 0 Å². The fourth-order valence-corrected chi connectivity index (χ4v) is 2.55. The molecule has 0 unspecified atom stereocenters. The van der Waals surface area contributed by atoms with Crippen molar-refractivity contribution in [2.24, 2.45) is 0 Å². The molecule has 3 rings (SSSR count). The maximum atomic E-state index is 12.3. The second-order valence-electron chi connectivity index (χ2n) is 5.84. The van der Waals surface area contributed by atoms with Gasteiger partial charge in [-0.2, -0.15) is 0 Å². The van der Waals surface area contributed by atoms with Crippen molar-refractivity contribution in [2.45, 2.75) is 19.1 Å². The van der Waals surface area contributed by atoms with Gasteiger partial charge in [-0.15, -0.1) is 0 Å². The van der Waals surface area contributed by atoms with E-state index in [2.05, 4.69) is 10.3 Å². The third-order valence-electron chi connectivity index (χ3n) is 3.92. The smallest absolute Gasteiger partial charge is 0.317 e. The highest BCUT2D eigenvalue weighted by Crippen LogP contribution is 2.30. The molecule has 1 N–H and O–H groups in total. The Labute approximate surface area is 141 Å². The summed E-state index contributed by atoms with van der Waals surface area (Å²) in [5, 5.41) is 2.96. The van der Waals surface area contributed by atoms with E-state index in [1.807, 2.05) is 43.3 Å². The molecule has 6 nitrogen and oxygen atoms in total. The van der Waals surface area contributed by atoms with Gasteiger partial charge in [-0.3, -0.25) is 4.98 Å². The van der Waals surface area contributed by atoms with Crippen molar-refractivity contribution >= 4 is 6.03 Å². The van der Waals surface area contributed by atoms with Crippen molar-refractivity contribution in [3.8, 4) is 11.5 Å². The zero-order chi connectivity index (χ0) is 16.9. The zero-order valence-corrected chi connectivity index (χ0v) is 13.8. The highest BCUT2D eigenvalue weighted by Gasteiger charge is 2.24. The standard InChI is InChI=1S/C18H21N3O3/c1-13(14-6-5-9-19-10-14)20-18(22)21(2)11-15-12-23-16-7-3-4-8-17(16)24-15/h3-10,13,15H,11-12H2,1-2H3,(H,20,22)/t13-,15-/m0/s1. The molecule has 2 amide bonds. The molecule has 0 aliphatic carbocycles. The third kappa shape index (κ3) is 3.76. The van der Waals surface area contributed by atoms with Crippen LogP contribution in [0, 0.1) is 0 Å². The average molecular weight is 327 g/mol. The molecule has 2 atom stereocenters. The van der Waals surface area contributed by atoms with Gasteiger partial charge in [0, 0.05) is 19.4 Å². The summed E-state index contributed by atoms with van der Waals surface area (Å²) in [5.41, 5.74) is 0.963. The number of benzene rings is 1. The first-order chi connectivity index (χ1) is 11.6. The number of fused-ring (bicyclic) bond motifs is 1. The van der Waals surface area contributed by atoms with Crippen LogP contribution in [0.4, 0.5) is 4.79 Å². The highest BCUT2D eigenvalue weighted by molar-refractivity contribution is 5.74. The summed E-state index contributed by atoms with van der Waals surface area (Å²) in [5.74, 6) is 1.46. The lowest BCUT2D eigenvalue weighted by Gasteiger charge is -2.30. The maximum absolute atomic E-state index is 12.3. The van der Waals surface area contributed by atoms with Gasteiger partial charge in [-0.1, -0.05) is 18.2 Å². The Bertz CT molecular complexity index is 693. The van der Waals surface area contributed by atoms with Gasteiger partial charge in [0.25, 0.3) is 0 Å². The molecule has 6 heteroatoms. The summed E-state index contributed by atoms with van der Waals surface area (Å²) >= 11 is 0. The fraction of sp³-hybridized carbons (Fsp3) is 0.333. The summed E-state index contributed by atoms with van der Waals surface area (Å²) in [6.45, 7) is 2.80. The van der Waals surface area contributed by atoms with Gasteiger partial charge >= 0.3 is 6.03 Å². The van der Waals surface area contributed by atoms with Crippen LogP contribution in [0.1, 0.15) is 18.5 Å². The number of urea groups is 1. The monoisotopic (exact) mass is 327 g/mol. The fourth-order valence-electron chi connectivity index (χ4n) is 2.55. The molecule has 1 aliphatic rings. The van der Waals surface area contributed by atoms with Crippen molar-refractivity contribution in [3.05, 3.63) is 54.4 Å². The maximum Gasteiger partial charge on any atom is 0.317 e. The number of ether oxygens (including phenoxy) is 2. The second-order valence-corrected chi connectivity index (χ2v) is 5.84. The minimum atomic E-state index is -0.190. The van der Waals surface area contributed by atoms with E-state index in [1.165, 1.54) is 0 Å². The highest BCUT2D eigenvalue weighted by atomic mass is 16.6. The SMILES string of the molecule is C[C@H](NC(=O)N(C)C[C@H]1COc2ccccc2O1)c1cccnc1. The number of nitrogens with zero attached hydrogens (tertiary/aromatic N) is 2. The second kappa shape index (κ2) is 7.21. The molecular weight excluding hydrogens is 306 g/mol. The molecule has 1 aromatic heterocycles. The molecule has 0 radical (unpaired) electrons. The lowest BCUT2D eigenvalue weighted by Crippen LogP contribution is -2.46. The molecule has 24 heavy (non-hydrogen) atoms. The molecule has 126 valence electrons. The Balaban J connectivity index is 1.53. The summed E-state index contributed by atoms with van der Waals surface area (Å²) in [4.78, 5) is 18.0. The number of carbonyl (C=O) groups excluding carboxylic acids is 1.